The number of aliphatic hydroxyl groups excluding tert-OH is 2. The van der Waals surface area contributed by atoms with Gasteiger partial charge >= 0.3 is 19.8 Å². The van der Waals surface area contributed by atoms with Crippen molar-refractivity contribution >= 4 is 19.8 Å². The zero-order valence-electron chi connectivity index (χ0n) is 34.4. The fourth-order valence-electron chi connectivity index (χ4n) is 5.32. The van der Waals surface area contributed by atoms with Crippen molar-refractivity contribution < 1.29 is 47.8 Å². The van der Waals surface area contributed by atoms with Crippen LogP contribution in [0.1, 0.15) is 168 Å². The summed E-state index contributed by atoms with van der Waals surface area (Å²) in [5, 5.41) is 18.3. The fourth-order valence-corrected chi connectivity index (χ4v) is 6.11. The van der Waals surface area contributed by atoms with E-state index < -0.39 is 51.8 Å². The molecule has 0 fully saturated rings. The summed E-state index contributed by atoms with van der Waals surface area (Å²) in [5.74, 6) is -0.975. The second-order valence-corrected chi connectivity index (χ2v) is 15.5. The van der Waals surface area contributed by atoms with Gasteiger partial charge in [-0.2, -0.15) is 0 Å². The van der Waals surface area contributed by atoms with Gasteiger partial charge in [-0.25, -0.2) is 4.57 Å². The predicted octanol–water partition coefficient (Wildman–Crippen LogP) is 11.1. The highest BCUT2D eigenvalue weighted by molar-refractivity contribution is 7.47. The van der Waals surface area contributed by atoms with E-state index in [9.17, 15) is 24.2 Å². The molecular weight excluding hydrogens is 719 g/mol. The number of unbranched alkanes of at least 4 members (excludes halogenated alkanes) is 15. The second-order valence-electron chi connectivity index (χ2n) is 14.0. The lowest BCUT2D eigenvalue weighted by Crippen LogP contribution is -2.29. The van der Waals surface area contributed by atoms with Gasteiger partial charge in [0, 0.05) is 12.8 Å². The molecule has 0 spiro atoms. The molecule has 11 heteroatoms. The average Bonchev–Trinajstić information content (AvgIpc) is 3.17. The number of ether oxygens (including phenoxy) is 2. The van der Waals surface area contributed by atoms with Gasteiger partial charge in [-0.05, 0) is 83.5 Å². The van der Waals surface area contributed by atoms with Crippen LogP contribution < -0.4 is 0 Å². The van der Waals surface area contributed by atoms with Crippen LogP contribution in [0.15, 0.2) is 60.8 Å². The summed E-state index contributed by atoms with van der Waals surface area (Å²) in [7, 11) is -4.63. The maximum Gasteiger partial charge on any atom is 0.472 e. The molecule has 0 radical (unpaired) electrons. The number of hydrogen-bond donors (Lipinski definition) is 3. The lowest BCUT2D eigenvalue weighted by atomic mass is 10.1. The van der Waals surface area contributed by atoms with Crippen molar-refractivity contribution in [3.63, 3.8) is 0 Å². The summed E-state index contributed by atoms with van der Waals surface area (Å²) in [5.41, 5.74) is 0. The summed E-state index contributed by atoms with van der Waals surface area (Å²) in [6, 6.07) is 0. The number of carbonyl (C=O) groups is 2. The third-order valence-corrected chi connectivity index (χ3v) is 9.60. The summed E-state index contributed by atoms with van der Waals surface area (Å²) in [4.78, 5) is 34.9. The molecule has 0 saturated carbocycles. The number of aliphatic hydroxyl groups is 2. The number of hydrogen-bond acceptors (Lipinski definition) is 9. The molecule has 0 amide bonds. The molecule has 0 aliphatic carbocycles. The first-order valence-corrected chi connectivity index (χ1v) is 22.7. The van der Waals surface area contributed by atoms with E-state index in [1.807, 2.05) is 0 Å². The van der Waals surface area contributed by atoms with Crippen molar-refractivity contribution in [2.24, 2.45) is 0 Å². The monoisotopic (exact) mass is 797 g/mol. The van der Waals surface area contributed by atoms with Crippen LogP contribution in [0.2, 0.25) is 0 Å². The number of phosphoric acid groups is 1. The summed E-state index contributed by atoms with van der Waals surface area (Å²) in [6.45, 7) is 2.27. The Balaban J connectivity index is 4.38. The van der Waals surface area contributed by atoms with E-state index in [0.29, 0.717) is 12.8 Å². The smallest absolute Gasteiger partial charge is 0.462 e. The molecule has 1 unspecified atom stereocenters. The minimum atomic E-state index is -4.63. The minimum Gasteiger partial charge on any atom is -0.462 e. The number of carbonyl (C=O) groups excluding carboxylic acids is 2. The Morgan fingerprint density at radius 1 is 0.545 bits per heavy atom. The van der Waals surface area contributed by atoms with Crippen molar-refractivity contribution in [3.05, 3.63) is 60.8 Å². The van der Waals surface area contributed by atoms with E-state index in [1.54, 1.807) is 0 Å². The first-order chi connectivity index (χ1) is 26.7. The fraction of sp³-hybridized carbons (Fsp3) is 0.727. The minimum absolute atomic E-state index is 0.164. The van der Waals surface area contributed by atoms with Crippen molar-refractivity contribution in [2.45, 2.75) is 180 Å². The van der Waals surface area contributed by atoms with Crippen LogP contribution in [0.4, 0.5) is 0 Å². The van der Waals surface area contributed by atoms with Crippen LogP contribution in [0.5, 0.6) is 0 Å². The molecule has 318 valence electrons. The van der Waals surface area contributed by atoms with Gasteiger partial charge in [0.05, 0.1) is 19.8 Å². The molecule has 0 heterocycles. The molecule has 0 aromatic heterocycles. The molecule has 0 aromatic rings. The summed E-state index contributed by atoms with van der Waals surface area (Å²) < 4.78 is 32.6. The highest BCUT2D eigenvalue weighted by atomic mass is 31.2. The zero-order valence-corrected chi connectivity index (χ0v) is 35.3. The lowest BCUT2D eigenvalue weighted by molar-refractivity contribution is -0.161. The van der Waals surface area contributed by atoms with Crippen LogP contribution in [0.25, 0.3) is 0 Å². The van der Waals surface area contributed by atoms with Crippen LogP contribution >= 0.6 is 7.82 Å². The largest absolute Gasteiger partial charge is 0.472 e. The van der Waals surface area contributed by atoms with Gasteiger partial charge in [-0.1, -0.05) is 132 Å². The molecule has 3 N–H and O–H groups in total. The van der Waals surface area contributed by atoms with Gasteiger partial charge in [-0.3, -0.25) is 18.6 Å². The van der Waals surface area contributed by atoms with E-state index in [4.69, 9.17) is 19.1 Å². The SMILES string of the molecule is CCCCC/C=C/C/C=C/C/C=C/C/C=C/CCCCCC(=O)OC[C@@H](COP(=O)(O)OC[C@H](O)CO)OC(=O)CCCCCCC/C=C/CCCCCC. The Kier molecular flexibility index (Phi) is 38.2. The van der Waals surface area contributed by atoms with Crippen molar-refractivity contribution in [1.29, 1.82) is 0 Å². The Labute approximate surface area is 334 Å². The van der Waals surface area contributed by atoms with Gasteiger partial charge in [0.1, 0.15) is 12.7 Å². The lowest BCUT2D eigenvalue weighted by Gasteiger charge is -2.20. The van der Waals surface area contributed by atoms with E-state index >= 15 is 0 Å². The average molecular weight is 797 g/mol. The van der Waals surface area contributed by atoms with E-state index in [1.165, 1.54) is 51.4 Å². The van der Waals surface area contributed by atoms with Crippen LogP contribution in [0, 0.1) is 0 Å². The van der Waals surface area contributed by atoms with Crippen LogP contribution in [-0.4, -0.2) is 65.7 Å². The highest BCUT2D eigenvalue weighted by Gasteiger charge is 2.27. The normalized spacial score (nSPS) is 14.5. The second kappa shape index (κ2) is 39.9. The number of rotatable bonds is 39. The first kappa shape index (κ1) is 52.7. The Morgan fingerprint density at radius 3 is 1.49 bits per heavy atom. The Bertz CT molecular complexity index is 1100. The van der Waals surface area contributed by atoms with Crippen molar-refractivity contribution in [3.8, 4) is 0 Å². The van der Waals surface area contributed by atoms with Gasteiger partial charge in [-0.15, -0.1) is 0 Å². The maximum absolute atomic E-state index is 12.6. The number of esters is 2. The predicted molar refractivity (Wildman–Crippen MR) is 224 cm³/mol. The first-order valence-electron chi connectivity index (χ1n) is 21.2. The zero-order chi connectivity index (χ0) is 40.5. The third-order valence-electron chi connectivity index (χ3n) is 8.64. The number of phosphoric ester groups is 1. The number of allylic oxidation sites excluding steroid dienone is 10. The van der Waals surface area contributed by atoms with Crippen LogP contribution in [0.3, 0.4) is 0 Å². The molecule has 0 aromatic carbocycles. The Hall–Kier alpha value is -2.33. The van der Waals surface area contributed by atoms with Crippen molar-refractivity contribution in [2.75, 3.05) is 26.4 Å². The van der Waals surface area contributed by atoms with Crippen LogP contribution in [-0.2, 0) is 32.7 Å². The molecule has 0 rings (SSSR count). The topological polar surface area (TPSA) is 149 Å². The van der Waals surface area contributed by atoms with Crippen molar-refractivity contribution in [1.82, 2.24) is 0 Å². The highest BCUT2D eigenvalue weighted by Crippen LogP contribution is 2.43. The molecule has 55 heavy (non-hydrogen) atoms. The summed E-state index contributed by atoms with van der Waals surface area (Å²) in [6.07, 6.45) is 43.3. The van der Waals surface area contributed by atoms with Gasteiger partial charge in [0.15, 0.2) is 6.10 Å². The standard InChI is InChI=1S/C44H77O10P/c1-3-5-7-9-11-13-15-17-18-19-20-21-22-24-25-27-29-31-33-35-43(47)51-39-42(40-53-55(49,50)52-38-41(46)37-45)54-44(48)36-34-32-30-28-26-23-16-14-12-10-8-6-4-2/h11,13-14,16-18,20-21,24-25,41-42,45-46H,3-10,12,15,19,22-23,26-40H2,1-2H3,(H,49,50)/b13-11+,16-14+,18-17+,21-20+,25-24+/t41-,42+/m1/s1. The van der Waals surface area contributed by atoms with Gasteiger partial charge in [0.2, 0.25) is 0 Å². The molecule has 0 aliphatic rings. The molecule has 3 atom stereocenters. The van der Waals surface area contributed by atoms with E-state index in [2.05, 4.69) is 79.1 Å². The molecule has 0 bridgehead atoms. The van der Waals surface area contributed by atoms with E-state index in [-0.39, 0.29) is 19.4 Å². The quantitative estimate of drug-likeness (QED) is 0.0237. The molecule has 0 saturated heterocycles. The summed E-state index contributed by atoms with van der Waals surface area (Å²) >= 11 is 0. The van der Waals surface area contributed by atoms with Gasteiger partial charge < -0.3 is 24.6 Å². The Morgan fingerprint density at radius 2 is 0.945 bits per heavy atom. The van der Waals surface area contributed by atoms with E-state index in [0.717, 1.165) is 77.0 Å². The molecule has 0 aliphatic heterocycles. The molecular formula is C44H77O10P. The maximum atomic E-state index is 12.6. The van der Waals surface area contributed by atoms with Gasteiger partial charge in [0.25, 0.3) is 0 Å². The molecule has 10 nitrogen and oxygen atoms in total. The third kappa shape index (κ3) is 39.7.